The van der Waals surface area contributed by atoms with Crippen LogP contribution in [0.4, 0.5) is 5.69 Å². The van der Waals surface area contributed by atoms with E-state index in [4.69, 9.17) is 0 Å². The minimum Gasteiger partial charge on any atom is -0.335 e. The molecule has 8 heteroatoms. The number of fused-ring (bicyclic) bond motifs is 1. The summed E-state index contributed by atoms with van der Waals surface area (Å²) in [5, 5.41) is 4.05. The van der Waals surface area contributed by atoms with Crippen molar-refractivity contribution < 1.29 is 13.2 Å². The third-order valence-electron chi connectivity index (χ3n) is 6.19. The van der Waals surface area contributed by atoms with Gasteiger partial charge in [0.2, 0.25) is 0 Å². The van der Waals surface area contributed by atoms with Crippen molar-refractivity contribution >= 4 is 43.9 Å². The Kier molecular flexibility index (Phi) is 5.59. The molecule has 0 aromatic heterocycles. The van der Waals surface area contributed by atoms with Crippen molar-refractivity contribution in [1.82, 2.24) is 4.90 Å². The van der Waals surface area contributed by atoms with E-state index in [2.05, 4.69) is 28.5 Å². The second-order valence-electron chi connectivity index (χ2n) is 8.49. The lowest BCUT2D eigenvalue weighted by molar-refractivity contribution is 0.0773. The first kappa shape index (κ1) is 21.3. The lowest BCUT2D eigenvalue weighted by Gasteiger charge is -2.27. The number of rotatable bonds is 3. The van der Waals surface area contributed by atoms with Crippen molar-refractivity contribution in [3.8, 4) is 0 Å². The van der Waals surface area contributed by atoms with Crippen molar-refractivity contribution in [3.05, 3.63) is 71.3 Å². The van der Waals surface area contributed by atoms with Gasteiger partial charge in [-0.05, 0) is 42.2 Å². The molecule has 6 nitrogen and oxygen atoms in total. The van der Waals surface area contributed by atoms with Crippen LogP contribution in [0.1, 0.15) is 27.9 Å². The summed E-state index contributed by atoms with van der Waals surface area (Å²) >= 11 is 1.48. The van der Waals surface area contributed by atoms with Gasteiger partial charge in [-0.2, -0.15) is 0 Å². The van der Waals surface area contributed by atoms with Gasteiger partial charge in [0.05, 0.1) is 17.5 Å². The first-order valence-corrected chi connectivity index (χ1v) is 13.4. The summed E-state index contributed by atoms with van der Waals surface area (Å²) in [4.78, 5) is 19.6. The number of amides is 1. The van der Waals surface area contributed by atoms with E-state index in [1.807, 2.05) is 48.2 Å². The first-order chi connectivity index (χ1) is 15.4. The largest absolute Gasteiger partial charge is 0.335 e. The van der Waals surface area contributed by atoms with Crippen LogP contribution in [0.2, 0.25) is 0 Å². The standard InChI is InChI=1S/C24H25N3O3S2/c1-16-7-8-19(13-20(16)25-24-26-21-14-32(29,30)15-22(21)31-24)23(28)27-11-9-18(10-12-27)17-5-3-2-4-6-17/h2-9,13,21-22H,10-12,14-15H2,1H3,(H,25,26)/t21-,22-/m0/s1. The fraction of sp³-hybridized carbons (Fsp3) is 0.333. The number of carbonyl (C=O) groups is 1. The minimum atomic E-state index is -2.97. The maximum absolute atomic E-state index is 13.1. The second-order valence-corrected chi connectivity index (χ2v) is 11.9. The molecule has 3 aliphatic rings. The van der Waals surface area contributed by atoms with Crippen molar-refractivity contribution in [2.45, 2.75) is 24.6 Å². The van der Waals surface area contributed by atoms with Crippen LogP contribution in [0, 0.1) is 6.92 Å². The van der Waals surface area contributed by atoms with Gasteiger partial charge < -0.3 is 10.2 Å². The predicted octanol–water partition coefficient (Wildman–Crippen LogP) is 3.60. The van der Waals surface area contributed by atoms with Crippen LogP contribution in [0.15, 0.2) is 59.6 Å². The van der Waals surface area contributed by atoms with Crippen molar-refractivity contribution in [2.24, 2.45) is 4.99 Å². The molecule has 1 amide bonds. The van der Waals surface area contributed by atoms with Crippen LogP contribution in [0.25, 0.3) is 5.57 Å². The molecule has 2 aromatic rings. The zero-order valence-electron chi connectivity index (χ0n) is 17.8. The normalized spacial score (nSPS) is 24.0. The Morgan fingerprint density at radius 3 is 2.69 bits per heavy atom. The number of amidine groups is 1. The monoisotopic (exact) mass is 467 g/mol. The molecule has 0 aliphatic carbocycles. The number of thioether (sulfide) groups is 1. The molecule has 32 heavy (non-hydrogen) atoms. The van der Waals surface area contributed by atoms with E-state index in [9.17, 15) is 13.2 Å². The summed E-state index contributed by atoms with van der Waals surface area (Å²) in [5.41, 5.74) is 4.99. The maximum Gasteiger partial charge on any atom is 0.254 e. The van der Waals surface area contributed by atoms with E-state index in [1.165, 1.54) is 22.9 Å². The van der Waals surface area contributed by atoms with E-state index in [-0.39, 0.29) is 28.7 Å². The van der Waals surface area contributed by atoms with Gasteiger partial charge in [-0.3, -0.25) is 9.79 Å². The molecule has 2 aromatic carbocycles. The van der Waals surface area contributed by atoms with Crippen LogP contribution < -0.4 is 5.32 Å². The summed E-state index contributed by atoms with van der Waals surface area (Å²) in [6.45, 7) is 3.27. The fourth-order valence-electron chi connectivity index (χ4n) is 4.37. The average Bonchev–Trinajstić information content (AvgIpc) is 3.28. The Bertz CT molecular complexity index is 1220. The molecule has 3 aliphatic heterocycles. The molecular formula is C24H25N3O3S2. The van der Waals surface area contributed by atoms with Crippen molar-refractivity contribution in [2.75, 3.05) is 29.9 Å². The number of hydrogen-bond acceptors (Lipinski definition) is 6. The molecule has 1 saturated heterocycles. The summed E-state index contributed by atoms with van der Waals surface area (Å²) in [5.74, 6) is 0.323. The predicted molar refractivity (Wildman–Crippen MR) is 131 cm³/mol. The number of sulfone groups is 1. The van der Waals surface area contributed by atoms with Crippen molar-refractivity contribution in [1.29, 1.82) is 0 Å². The molecule has 1 N–H and O–H groups in total. The van der Waals surface area contributed by atoms with Gasteiger partial charge in [0.15, 0.2) is 15.0 Å². The van der Waals surface area contributed by atoms with Crippen LogP contribution in [-0.2, 0) is 9.84 Å². The van der Waals surface area contributed by atoms with Gasteiger partial charge in [0.25, 0.3) is 5.91 Å². The number of benzene rings is 2. The number of aliphatic imine (C=N–C) groups is 1. The smallest absolute Gasteiger partial charge is 0.254 e. The van der Waals surface area contributed by atoms with E-state index < -0.39 is 9.84 Å². The highest BCUT2D eigenvalue weighted by Gasteiger charge is 2.42. The molecule has 2 atom stereocenters. The molecular weight excluding hydrogens is 442 g/mol. The quantitative estimate of drug-likeness (QED) is 0.746. The third-order valence-corrected chi connectivity index (χ3v) is 9.33. The molecule has 3 heterocycles. The lowest BCUT2D eigenvalue weighted by Crippen LogP contribution is -2.34. The second kappa shape index (κ2) is 8.41. The Balaban J connectivity index is 1.28. The highest BCUT2D eigenvalue weighted by Crippen LogP contribution is 2.35. The zero-order valence-corrected chi connectivity index (χ0v) is 19.5. The van der Waals surface area contributed by atoms with E-state index in [0.717, 1.165) is 22.8 Å². The third kappa shape index (κ3) is 4.34. The van der Waals surface area contributed by atoms with E-state index >= 15 is 0 Å². The number of aryl methyl sites for hydroxylation is 1. The molecule has 0 bridgehead atoms. The van der Waals surface area contributed by atoms with Gasteiger partial charge in [0.1, 0.15) is 0 Å². The van der Waals surface area contributed by atoms with Crippen molar-refractivity contribution in [3.63, 3.8) is 0 Å². The van der Waals surface area contributed by atoms with Crippen LogP contribution in [-0.4, -0.2) is 60.3 Å². The molecule has 0 saturated carbocycles. The van der Waals surface area contributed by atoms with Crippen LogP contribution in [0.5, 0.6) is 0 Å². The number of nitrogens with zero attached hydrogens (tertiary/aromatic N) is 2. The van der Waals surface area contributed by atoms with Crippen LogP contribution >= 0.6 is 11.8 Å². The molecule has 0 radical (unpaired) electrons. The summed E-state index contributed by atoms with van der Waals surface area (Å²) < 4.78 is 23.6. The van der Waals surface area contributed by atoms with Gasteiger partial charge in [-0.1, -0.05) is 54.2 Å². The zero-order chi connectivity index (χ0) is 22.3. The van der Waals surface area contributed by atoms with Gasteiger partial charge in [0, 0.05) is 29.6 Å². The highest BCUT2D eigenvalue weighted by molar-refractivity contribution is 8.15. The van der Waals surface area contributed by atoms with E-state index in [0.29, 0.717) is 18.7 Å². The number of anilines is 1. The number of hydrogen-bond donors (Lipinski definition) is 1. The van der Waals surface area contributed by atoms with E-state index in [1.54, 1.807) is 0 Å². The number of carbonyl (C=O) groups excluding carboxylic acids is 1. The summed E-state index contributed by atoms with van der Waals surface area (Å²) in [6.07, 6.45) is 2.98. The molecule has 5 rings (SSSR count). The van der Waals surface area contributed by atoms with Gasteiger partial charge in [-0.25, -0.2) is 8.42 Å². The Labute approximate surface area is 192 Å². The Morgan fingerprint density at radius 1 is 1.16 bits per heavy atom. The average molecular weight is 468 g/mol. The van der Waals surface area contributed by atoms with Gasteiger partial charge >= 0.3 is 0 Å². The molecule has 0 spiro atoms. The SMILES string of the molecule is Cc1ccc(C(=O)N2CC=C(c3ccccc3)CC2)cc1NC1=N[C@H]2CS(=O)(=O)C[C@@H]2S1. The molecule has 0 unspecified atom stereocenters. The summed E-state index contributed by atoms with van der Waals surface area (Å²) in [6, 6.07) is 15.8. The Hall–Kier alpha value is -2.58. The number of nitrogens with one attached hydrogen (secondary N) is 1. The lowest BCUT2D eigenvalue weighted by atomic mass is 9.99. The maximum atomic E-state index is 13.1. The topological polar surface area (TPSA) is 78.8 Å². The highest BCUT2D eigenvalue weighted by atomic mass is 32.2. The molecule has 1 fully saturated rings. The van der Waals surface area contributed by atoms with Gasteiger partial charge in [-0.15, -0.1) is 0 Å². The Morgan fingerprint density at radius 2 is 1.97 bits per heavy atom. The minimum absolute atomic E-state index is 0.00781. The van der Waals surface area contributed by atoms with Crippen LogP contribution in [0.3, 0.4) is 0 Å². The first-order valence-electron chi connectivity index (χ1n) is 10.7. The molecule has 166 valence electrons. The fourth-order valence-corrected chi connectivity index (χ4v) is 8.04. The summed E-state index contributed by atoms with van der Waals surface area (Å²) in [7, 11) is -2.97.